The van der Waals surface area contributed by atoms with Crippen molar-refractivity contribution in [1.29, 1.82) is 0 Å². The van der Waals surface area contributed by atoms with Gasteiger partial charge in [-0.25, -0.2) is 18.0 Å². The van der Waals surface area contributed by atoms with Crippen molar-refractivity contribution in [2.75, 3.05) is 6.61 Å². The molecular formula is C19H13BrF3NO3. The van der Waals surface area contributed by atoms with Crippen molar-refractivity contribution in [2.24, 2.45) is 0 Å². The maximum atomic E-state index is 14.4. The summed E-state index contributed by atoms with van der Waals surface area (Å²) in [4.78, 5) is 24.6. The fourth-order valence-electron chi connectivity index (χ4n) is 2.73. The van der Waals surface area contributed by atoms with Crippen LogP contribution in [0.4, 0.5) is 13.2 Å². The number of aromatic nitrogens is 1. The Balaban J connectivity index is 2.30. The Morgan fingerprint density at radius 2 is 1.81 bits per heavy atom. The molecule has 1 aromatic heterocycles. The highest BCUT2D eigenvalue weighted by atomic mass is 79.9. The SMILES string of the molecule is CCOC(=O)c1cn(Cc2ccc(Br)cc2)c2c(F)c(F)c(F)cc2c1=O. The van der Waals surface area contributed by atoms with E-state index in [4.69, 9.17) is 4.74 Å². The number of carbonyl (C=O) groups is 1. The molecule has 0 spiro atoms. The molecule has 0 aliphatic carbocycles. The first-order valence-corrected chi connectivity index (χ1v) is 8.75. The number of carbonyl (C=O) groups excluding carboxylic acids is 1. The zero-order valence-electron chi connectivity index (χ0n) is 14.1. The molecule has 0 atom stereocenters. The number of esters is 1. The summed E-state index contributed by atoms with van der Waals surface area (Å²) >= 11 is 3.30. The van der Waals surface area contributed by atoms with Crippen LogP contribution in [-0.4, -0.2) is 17.1 Å². The van der Waals surface area contributed by atoms with Crippen LogP contribution in [0, 0.1) is 17.5 Å². The first-order valence-electron chi connectivity index (χ1n) is 7.95. The molecule has 0 saturated heterocycles. The lowest BCUT2D eigenvalue weighted by molar-refractivity contribution is 0.0524. The van der Waals surface area contributed by atoms with Gasteiger partial charge in [0.25, 0.3) is 0 Å². The standard InChI is InChI=1S/C19H13BrF3NO3/c1-2-27-19(26)13-9-24(8-10-3-5-11(20)6-4-10)17-12(18(13)25)7-14(21)15(22)16(17)23/h3-7,9H,2,8H2,1H3. The lowest BCUT2D eigenvalue weighted by atomic mass is 10.1. The molecule has 0 aliphatic heterocycles. The molecule has 8 heteroatoms. The number of ether oxygens (including phenoxy) is 1. The molecule has 3 aromatic rings. The second-order valence-electron chi connectivity index (χ2n) is 5.73. The van der Waals surface area contributed by atoms with Crippen LogP contribution in [0.1, 0.15) is 22.8 Å². The van der Waals surface area contributed by atoms with Crippen LogP contribution in [0.5, 0.6) is 0 Å². The van der Waals surface area contributed by atoms with Crippen molar-refractivity contribution < 1.29 is 22.7 Å². The predicted molar refractivity (Wildman–Crippen MR) is 97.3 cm³/mol. The fourth-order valence-corrected chi connectivity index (χ4v) is 2.99. The first kappa shape index (κ1) is 19.2. The maximum absolute atomic E-state index is 14.4. The number of fused-ring (bicyclic) bond motifs is 1. The molecule has 2 aromatic carbocycles. The summed E-state index contributed by atoms with van der Waals surface area (Å²) in [5.74, 6) is -5.60. The Hall–Kier alpha value is -2.61. The highest BCUT2D eigenvalue weighted by molar-refractivity contribution is 9.10. The van der Waals surface area contributed by atoms with Crippen molar-refractivity contribution in [3.8, 4) is 0 Å². The maximum Gasteiger partial charge on any atom is 0.343 e. The zero-order valence-corrected chi connectivity index (χ0v) is 15.6. The second kappa shape index (κ2) is 7.56. The Bertz CT molecular complexity index is 1090. The molecule has 27 heavy (non-hydrogen) atoms. The molecule has 0 radical (unpaired) electrons. The van der Waals surface area contributed by atoms with E-state index >= 15 is 0 Å². The summed E-state index contributed by atoms with van der Waals surface area (Å²) in [6.07, 6.45) is 1.10. The lowest BCUT2D eigenvalue weighted by Gasteiger charge is -2.14. The number of pyridine rings is 1. The van der Waals surface area contributed by atoms with Gasteiger partial charge in [0.1, 0.15) is 5.56 Å². The van der Waals surface area contributed by atoms with Crippen molar-refractivity contribution >= 4 is 32.8 Å². The number of halogens is 4. The number of benzene rings is 2. The molecule has 4 nitrogen and oxygen atoms in total. The third-order valence-corrected chi connectivity index (χ3v) is 4.49. The van der Waals surface area contributed by atoms with E-state index in [0.717, 1.165) is 10.7 Å². The van der Waals surface area contributed by atoms with Crippen molar-refractivity contribution in [1.82, 2.24) is 4.57 Å². The van der Waals surface area contributed by atoms with E-state index in [-0.39, 0.29) is 18.7 Å². The number of hydrogen-bond donors (Lipinski definition) is 0. The third-order valence-electron chi connectivity index (χ3n) is 3.96. The largest absolute Gasteiger partial charge is 0.462 e. The molecule has 0 aliphatic rings. The van der Waals surface area contributed by atoms with Gasteiger partial charge in [0.15, 0.2) is 17.5 Å². The van der Waals surface area contributed by atoms with Crippen LogP contribution in [0.15, 0.2) is 45.8 Å². The van der Waals surface area contributed by atoms with Crippen LogP contribution in [0.2, 0.25) is 0 Å². The number of rotatable bonds is 4. The molecular weight excluding hydrogens is 427 g/mol. The van der Waals surface area contributed by atoms with Gasteiger partial charge in [-0.3, -0.25) is 4.79 Å². The van der Waals surface area contributed by atoms with Gasteiger partial charge in [-0.1, -0.05) is 28.1 Å². The topological polar surface area (TPSA) is 48.3 Å². The highest BCUT2D eigenvalue weighted by Gasteiger charge is 2.23. The van der Waals surface area contributed by atoms with Gasteiger partial charge in [-0.05, 0) is 30.7 Å². The van der Waals surface area contributed by atoms with E-state index in [1.54, 1.807) is 31.2 Å². The second-order valence-corrected chi connectivity index (χ2v) is 6.64. The van der Waals surface area contributed by atoms with Crippen molar-refractivity contribution in [3.63, 3.8) is 0 Å². The van der Waals surface area contributed by atoms with Gasteiger partial charge < -0.3 is 9.30 Å². The smallest absolute Gasteiger partial charge is 0.343 e. The zero-order chi connectivity index (χ0) is 19.7. The Labute approximate surface area is 160 Å². The summed E-state index contributed by atoms with van der Waals surface area (Å²) in [6.45, 7) is 1.61. The molecule has 0 saturated carbocycles. The number of hydrogen-bond acceptors (Lipinski definition) is 3. The number of nitrogens with zero attached hydrogens (tertiary/aromatic N) is 1. The molecule has 0 unspecified atom stereocenters. The molecule has 3 rings (SSSR count). The summed E-state index contributed by atoms with van der Waals surface area (Å²) < 4.78 is 48.8. The van der Waals surface area contributed by atoms with Gasteiger partial charge in [-0.15, -0.1) is 0 Å². The molecule has 1 heterocycles. The normalized spacial score (nSPS) is 11.0. The minimum atomic E-state index is -1.68. The van der Waals surface area contributed by atoms with E-state index < -0.39 is 39.8 Å². The van der Waals surface area contributed by atoms with Gasteiger partial charge in [0.2, 0.25) is 5.43 Å². The molecule has 0 amide bonds. The Kier molecular flexibility index (Phi) is 5.36. The van der Waals surface area contributed by atoms with Crippen LogP contribution >= 0.6 is 15.9 Å². The van der Waals surface area contributed by atoms with Gasteiger partial charge >= 0.3 is 5.97 Å². The van der Waals surface area contributed by atoms with Crippen LogP contribution in [0.25, 0.3) is 10.9 Å². The minimum Gasteiger partial charge on any atom is -0.462 e. The van der Waals surface area contributed by atoms with Crippen molar-refractivity contribution in [3.05, 3.63) is 79.8 Å². The van der Waals surface area contributed by atoms with Gasteiger partial charge in [0.05, 0.1) is 17.5 Å². The quantitative estimate of drug-likeness (QED) is 0.446. The molecule has 0 fully saturated rings. The summed E-state index contributed by atoms with van der Waals surface area (Å²) in [5.41, 5.74) is -1.03. The Morgan fingerprint density at radius 3 is 2.44 bits per heavy atom. The van der Waals surface area contributed by atoms with E-state index in [1.165, 1.54) is 4.57 Å². The molecule has 0 bridgehead atoms. The average molecular weight is 440 g/mol. The first-order chi connectivity index (χ1) is 12.8. The average Bonchev–Trinajstić information content (AvgIpc) is 2.64. The Morgan fingerprint density at radius 1 is 1.15 bits per heavy atom. The highest BCUT2D eigenvalue weighted by Crippen LogP contribution is 2.23. The van der Waals surface area contributed by atoms with Crippen LogP contribution in [-0.2, 0) is 11.3 Å². The molecule has 0 N–H and O–H groups in total. The van der Waals surface area contributed by atoms with Gasteiger partial charge in [0, 0.05) is 17.2 Å². The van der Waals surface area contributed by atoms with Crippen molar-refractivity contribution in [2.45, 2.75) is 13.5 Å². The third kappa shape index (κ3) is 3.62. The van der Waals surface area contributed by atoms with Crippen LogP contribution in [0.3, 0.4) is 0 Å². The van der Waals surface area contributed by atoms with Crippen LogP contribution < -0.4 is 5.43 Å². The van der Waals surface area contributed by atoms with E-state index in [0.29, 0.717) is 11.6 Å². The summed E-state index contributed by atoms with van der Waals surface area (Å²) in [6, 6.07) is 7.56. The van der Waals surface area contributed by atoms with E-state index in [1.807, 2.05) is 0 Å². The summed E-state index contributed by atoms with van der Waals surface area (Å²) in [7, 11) is 0. The fraction of sp³-hybridized carbons (Fsp3) is 0.158. The monoisotopic (exact) mass is 439 g/mol. The van der Waals surface area contributed by atoms with E-state index in [9.17, 15) is 22.8 Å². The molecule has 140 valence electrons. The summed E-state index contributed by atoms with van der Waals surface area (Å²) in [5, 5.41) is -0.436. The van der Waals surface area contributed by atoms with Gasteiger partial charge in [-0.2, -0.15) is 0 Å². The lowest BCUT2D eigenvalue weighted by Crippen LogP contribution is -2.22. The predicted octanol–water partition coefficient (Wildman–Crippen LogP) is 4.41. The van der Waals surface area contributed by atoms with E-state index in [2.05, 4.69) is 15.9 Å². The minimum absolute atomic E-state index is 0.0230.